The van der Waals surface area contributed by atoms with E-state index in [0.29, 0.717) is 0 Å². The lowest BCUT2D eigenvalue weighted by molar-refractivity contribution is 0.680. The van der Waals surface area contributed by atoms with E-state index < -0.39 is 8.80 Å². The van der Waals surface area contributed by atoms with Crippen LogP contribution in [0.15, 0.2) is 186 Å². The van der Waals surface area contributed by atoms with Crippen LogP contribution in [0.5, 0.6) is 0 Å². The van der Waals surface area contributed by atoms with Crippen LogP contribution in [0.3, 0.4) is 0 Å². The van der Waals surface area contributed by atoms with Crippen LogP contribution in [0, 0.1) is 0 Å². The fourth-order valence-electron chi connectivity index (χ4n) is 11.6. The van der Waals surface area contributed by atoms with Crippen molar-refractivity contribution in [2.24, 2.45) is 0 Å². The normalized spacial score (nSPS) is 14.8. The molecule has 3 aliphatic rings. The quantitative estimate of drug-likeness (QED) is 0.150. The Morgan fingerprint density at radius 2 is 0.806 bits per heavy atom. The second kappa shape index (κ2) is 16.1. The maximum absolute atomic E-state index is 2.67. The maximum Gasteiger partial charge on any atom is 0.0803 e. The van der Waals surface area contributed by atoms with E-state index in [9.17, 15) is 0 Å². The number of aryl methyl sites for hydroxylation is 2. The Labute approximate surface area is 372 Å². The molecular weight excluding hydrogens is 781 g/mol. The molecule has 12 rings (SSSR count). The van der Waals surface area contributed by atoms with Gasteiger partial charge in [0.2, 0.25) is 0 Å². The molecule has 62 heavy (non-hydrogen) atoms. The van der Waals surface area contributed by atoms with E-state index in [1.54, 1.807) is 38.6 Å². The summed E-state index contributed by atoms with van der Waals surface area (Å²) in [4.78, 5) is 2.77. The Balaban J connectivity index is 1.16. The van der Waals surface area contributed by atoms with Gasteiger partial charge in [0.05, 0.1) is 8.80 Å². The molecule has 0 spiro atoms. The lowest BCUT2D eigenvalue weighted by atomic mass is 9.81. The molecule has 0 N–H and O–H groups in total. The third kappa shape index (κ3) is 6.58. The summed E-state index contributed by atoms with van der Waals surface area (Å²) in [6.07, 6.45) is 9.86. The molecule has 9 aromatic rings. The largest absolute Gasteiger partial charge is 0.0894 e. The van der Waals surface area contributed by atoms with Crippen molar-refractivity contribution in [3.63, 3.8) is 0 Å². The van der Waals surface area contributed by atoms with Gasteiger partial charge in [0.1, 0.15) is 0 Å². The summed E-state index contributed by atoms with van der Waals surface area (Å²) in [6.45, 7) is 0. The maximum atomic E-state index is 2.67. The van der Waals surface area contributed by atoms with E-state index in [1.807, 2.05) is 11.8 Å². The summed E-state index contributed by atoms with van der Waals surface area (Å²) < 4.78 is 0. The van der Waals surface area contributed by atoms with Gasteiger partial charge in [-0.05, 0) is 181 Å². The number of rotatable bonds is 6. The van der Waals surface area contributed by atoms with Crippen LogP contribution in [0.4, 0.5) is 0 Å². The van der Waals surface area contributed by atoms with Crippen molar-refractivity contribution in [2.75, 3.05) is 0 Å². The summed E-state index contributed by atoms with van der Waals surface area (Å²) in [7, 11) is -1.81. The highest BCUT2D eigenvalue weighted by Crippen LogP contribution is 2.49. The molecule has 0 radical (unpaired) electrons. The van der Waals surface area contributed by atoms with E-state index in [4.69, 9.17) is 0 Å². The third-order valence-corrected chi connectivity index (χ3v) is 18.6. The fraction of sp³-hybridized carbons (Fsp3) is 0.167. The second-order valence-corrected chi connectivity index (χ2v) is 21.9. The van der Waals surface area contributed by atoms with Gasteiger partial charge in [-0.15, -0.1) is 0 Å². The van der Waals surface area contributed by atoms with Gasteiger partial charge in [-0.1, -0.05) is 175 Å². The molecule has 9 aromatic carbocycles. The molecule has 2 aliphatic carbocycles. The van der Waals surface area contributed by atoms with Gasteiger partial charge in [-0.2, -0.15) is 0 Å². The standard InChI is InChI=1S/C60H50SSi/c1-4-18-40(19-5-1)53-36-44-38-62(39-45-37-54(41-20-6-2-7-21-41)50-29-15-17-31-52(50)58(45)57(44)51-30-16-14-28-49(51)53)56-35-33-43-23-11-13-27-48(43)60(56)59-47-26-12-10-22-42(47)32-34-55(59)61-46-24-8-3-9-25-46/h1-9,14-21,24-25,28-37,62H,10-13,22-23,26-27,38-39H2. The summed E-state index contributed by atoms with van der Waals surface area (Å²) in [5.41, 5.74) is 20.9. The molecule has 0 bridgehead atoms. The first kappa shape index (κ1) is 37.8. The average molecular weight is 831 g/mol. The Kier molecular flexibility index (Phi) is 9.80. The zero-order valence-corrected chi connectivity index (χ0v) is 37.3. The van der Waals surface area contributed by atoms with Crippen LogP contribution >= 0.6 is 11.8 Å². The first-order chi connectivity index (χ1) is 30.8. The fourth-order valence-corrected chi connectivity index (χ4v) is 16.0. The topological polar surface area (TPSA) is 0 Å². The van der Waals surface area contributed by atoms with Crippen molar-refractivity contribution in [3.05, 3.63) is 209 Å². The SMILES string of the molecule is c1ccc(Sc2ccc3c(c2-c2c([SiH]4Cc5cc(-c6ccccc6)c6ccccc6c5-c5c(cc(-c6ccccc6)c6ccccc56)C4)ccc4c2CCCC4)CCCC3)cc1. The lowest BCUT2D eigenvalue weighted by Gasteiger charge is -2.30. The summed E-state index contributed by atoms with van der Waals surface area (Å²) in [6, 6.07) is 69.8. The molecule has 0 atom stereocenters. The molecule has 0 saturated heterocycles. The second-order valence-electron chi connectivity index (χ2n) is 17.9. The zero-order valence-electron chi connectivity index (χ0n) is 35.3. The Morgan fingerprint density at radius 3 is 1.35 bits per heavy atom. The lowest BCUT2D eigenvalue weighted by Crippen LogP contribution is -2.38. The minimum Gasteiger partial charge on any atom is -0.0894 e. The van der Waals surface area contributed by atoms with E-state index in [-0.39, 0.29) is 0 Å². The van der Waals surface area contributed by atoms with Gasteiger partial charge < -0.3 is 0 Å². The van der Waals surface area contributed by atoms with Gasteiger partial charge in [-0.25, -0.2) is 0 Å². The molecular formula is C60H50SSi. The minimum atomic E-state index is -1.81. The highest BCUT2D eigenvalue weighted by Gasteiger charge is 2.33. The van der Waals surface area contributed by atoms with Gasteiger partial charge in [0, 0.05) is 9.79 Å². The Bertz CT molecular complexity index is 3020. The van der Waals surface area contributed by atoms with Crippen LogP contribution in [0.2, 0.25) is 0 Å². The molecule has 0 saturated carbocycles. The molecule has 0 fully saturated rings. The van der Waals surface area contributed by atoms with Crippen LogP contribution < -0.4 is 5.19 Å². The molecule has 0 amide bonds. The Morgan fingerprint density at radius 1 is 0.355 bits per heavy atom. The van der Waals surface area contributed by atoms with E-state index >= 15 is 0 Å². The number of fused-ring (bicyclic) bond motifs is 9. The van der Waals surface area contributed by atoms with E-state index in [2.05, 4.69) is 176 Å². The van der Waals surface area contributed by atoms with Crippen molar-refractivity contribution in [2.45, 2.75) is 73.2 Å². The molecule has 2 heteroatoms. The van der Waals surface area contributed by atoms with Gasteiger partial charge in [0.25, 0.3) is 0 Å². The van der Waals surface area contributed by atoms with E-state index in [0.717, 1.165) is 12.1 Å². The minimum absolute atomic E-state index is 1.12. The number of hydrogen-bond acceptors (Lipinski definition) is 1. The monoisotopic (exact) mass is 830 g/mol. The predicted octanol–water partition coefficient (Wildman–Crippen LogP) is 14.9. The predicted molar refractivity (Wildman–Crippen MR) is 268 cm³/mol. The third-order valence-electron chi connectivity index (χ3n) is 14.3. The first-order valence-corrected chi connectivity index (χ1v) is 26.0. The van der Waals surface area contributed by atoms with Gasteiger partial charge in [0.15, 0.2) is 0 Å². The highest BCUT2D eigenvalue weighted by molar-refractivity contribution is 7.99. The zero-order chi connectivity index (χ0) is 41.0. The van der Waals surface area contributed by atoms with Crippen LogP contribution in [-0.2, 0) is 37.8 Å². The van der Waals surface area contributed by atoms with Crippen molar-refractivity contribution in [1.29, 1.82) is 0 Å². The van der Waals surface area contributed by atoms with E-state index in [1.165, 1.54) is 127 Å². The van der Waals surface area contributed by atoms with Gasteiger partial charge in [-0.3, -0.25) is 0 Å². The van der Waals surface area contributed by atoms with Crippen LogP contribution in [0.1, 0.15) is 59.1 Å². The van der Waals surface area contributed by atoms with Crippen molar-refractivity contribution in [3.8, 4) is 44.5 Å². The molecule has 300 valence electrons. The number of hydrogen-bond donors (Lipinski definition) is 0. The van der Waals surface area contributed by atoms with Gasteiger partial charge >= 0.3 is 0 Å². The van der Waals surface area contributed by atoms with Crippen molar-refractivity contribution in [1.82, 2.24) is 0 Å². The average Bonchev–Trinajstić information content (AvgIpc) is 3.51. The number of benzene rings is 9. The first-order valence-electron chi connectivity index (χ1n) is 23.0. The molecule has 0 unspecified atom stereocenters. The molecule has 0 aromatic heterocycles. The molecule has 1 heterocycles. The Hall–Kier alpha value is -5.93. The molecule has 1 aliphatic heterocycles. The van der Waals surface area contributed by atoms with Crippen molar-refractivity contribution >= 4 is 47.3 Å². The van der Waals surface area contributed by atoms with Crippen LogP contribution in [0.25, 0.3) is 66.1 Å². The summed E-state index contributed by atoms with van der Waals surface area (Å²) in [5.74, 6) is 0. The van der Waals surface area contributed by atoms with Crippen molar-refractivity contribution < 1.29 is 0 Å². The summed E-state index contributed by atoms with van der Waals surface area (Å²) in [5, 5.41) is 7.12. The molecule has 0 nitrogen and oxygen atoms in total. The highest BCUT2D eigenvalue weighted by atomic mass is 32.2. The summed E-state index contributed by atoms with van der Waals surface area (Å²) >= 11 is 1.99. The smallest absolute Gasteiger partial charge is 0.0803 e. The van der Waals surface area contributed by atoms with Crippen LogP contribution in [-0.4, -0.2) is 8.80 Å².